The van der Waals surface area contributed by atoms with Crippen molar-refractivity contribution in [3.8, 4) is 5.75 Å². The van der Waals surface area contributed by atoms with E-state index >= 15 is 0 Å². The van der Waals surface area contributed by atoms with E-state index in [1.54, 1.807) is 6.21 Å². The van der Waals surface area contributed by atoms with Crippen molar-refractivity contribution in [1.82, 2.24) is 9.97 Å². The number of nitrogens with one attached hydrogen (secondary N) is 1. The van der Waals surface area contributed by atoms with Crippen molar-refractivity contribution < 1.29 is 4.74 Å². The Labute approximate surface area is 147 Å². The Morgan fingerprint density at radius 1 is 0.960 bits per heavy atom. The fourth-order valence-electron chi connectivity index (χ4n) is 2.37. The summed E-state index contributed by atoms with van der Waals surface area (Å²) >= 11 is 0. The van der Waals surface area contributed by atoms with Crippen molar-refractivity contribution in [1.29, 1.82) is 0 Å². The summed E-state index contributed by atoms with van der Waals surface area (Å²) < 4.78 is 5.82. The molecule has 0 spiro atoms. The number of aryl methyl sites for hydroxylation is 2. The van der Waals surface area contributed by atoms with E-state index in [0.29, 0.717) is 12.6 Å². The summed E-state index contributed by atoms with van der Waals surface area (Å²) in [4.78, 5) is 8.57. The third-order valence-corrected chi connectivity index (χ3v) is 3.47. The van der Waals surface area contributed by atoms with Crippen LogP contribution in [0.15, 0.2) is 65.8 Å². The summed E-state index contributed by atoms with van der Waals surface area (Å²) in [5.41, 5.74) is 6.73. The molecule has 3 rings (SSSR count). The molecule has 1 N–H and O–H groups in total. The van der Waals surface area contributed by atoms with Crippen LogP contribution in [0.2, 0.25) is 0 Å². The Hall–Kier alpha value is -3.21. The topological polar surface area (TPSA) is 59.4 Å². The Morgan fingerprint density at radius 3 is 2.48 bits per heavy atom. The molecule has 2 aromatic carbocycles. The van der Waals surface area contributed by atoms with Gasteiger partial charge in [-0.2, -0.15) is 5.10 Å². The maximum Gasteiger partial charge on any atom is 0.243 e. The lowest BCUT2D eigenvalue weighted by molar-refractivity contribution is 0.306. The number of hydrogen-bond donors (Lipinski definition) is 1. The number of nitrogens with zero attached hydrogens (tertiary/aromatic N) is 3. The molecule has 25 heavy (non-hydrogen) atoms. The smallest absolute Gasteiger partial charge is 0.243 e. The number of hydrogen-bond acceptors (Lipinski definition) is 5. The van der Waals surface area contributed by atoms with Gasteiger partial charge in [0.1, 0.15) is 12.4 Å². The van der Waals surface area contributed by atoms with Crippen molar-refractivity contribution in [3.05, 3.63) is 83.2 Å². The summed E-state index contributed by atoms with van der Waals surface area (Å²) in [7, 11) is 0. The molecule has 0 unspecified atom stereocenters. The Balaban J connectivity index is 1.61. The van der Waals surface area contributed by atoms with Gasteiger partial charge in [-0.25, -0.2) is 15.4 Å². The minimum absolute atomic E-state index is 0.491. The van der Waals surface area contributed by atoms with E-state index in [-0.39, 0.29) is 0 Å². The lowest BCUT2D eigenvalue weighted by Gasteiger charge is -2.06. The highest BCUT2D eigenvalue weighted by Gasteiger charge is 1.99. The van der Waals surface area contributed by atoms with Crippen molar-refractivity contribution >= 4 is 12.2 Å². The first-order chi connectivity index (χ1) is 12.2. The summed E-state index contributed by atoms with van der Waals surface area (Å²) in [5, 5.41) is 4.20. The first-order valence-electron chi connectivity index (χ1n) is 8.07. The fourth-order valence-corrected chi connectivity index (χ4v) is 2.37. The normalized spacial score (nSPS) is 10.8. The van der Waals surface area contributed by atoms with Gasteiger partial charge in [0.2, 0.25) is 5.95 Å². The van der Waals surface area contributed by atoms with E-state index in [1.807, 2.05) is 74.5 Å². The van der Waals surface area contributed by atoms with Gasteiger partial charge >= 0.3 is 0 Å². The maximum atomic E-state index is 5.82. The van der Waals surface area contributed by atoms with Crippen LogP contribution in [0.3, 0.4) is 0 Å². The van der Waals surface area contributed by atoms with E-state index < -0.39 is 0 Å². The molecule has 1 aromatic heterocycles. The Morgan fingerprint density at radius 2 is 1.72 bits per heavy atom. The third-order valence-electron chi connectivity index (χ3n) is 3.47. The molecule has 0 saturated carbocycles. The highest BCUT2D eigenvalue weighted by molar-refractivity contribution is 5.80. The molecule has 0 aliphatic rings. The van der Waals surface area contributed by atoms with Crippen molar-refractivity contribution in [2.24, 2.45) is 5.10 Å². The zero-order valence-corrected chi connectivity index (χ0v) is 14.3. The van der Waals surface area contributed by atoms with Gasteiger partial charge in [-0.15, -0.1) is 0 Å². The van der Waals surface area contributed by atoms with E-state index in [2.05, 4.69) is 20.5 Å². The largest absolute Gasteiger partial charge is 0.489 e. The standard InChI is InChI=1S/C20H20N4O/c1-15-11-16(2)23-20(22-15)24-21-13-18-9-6-10-19(12-18)25-14-17-7-4-3-5-8-17/h3-13H,14H2,1-2H3,(H,22,23,24). The molecule has 0 atom stereocenters. The molecule has 0 radical (unpaired) electrons. The fraction of sp³-hybridized carbons (Fsp3) is 0.150. The first kappa shape index (κ1) is 16.6. The van der Waals surface area contributed by atoms with Crippen LogP contribution >= 0.6 is 0 Å². The van der Waals surface area contributed by atoms with Crippen LogP contribution in [0.5, 0.6) is 5.75 Å². The predicted octanol–water partition coefficient (Wildman–Crippen LogP) is 4.12. The molecule has 5 nitrogen and oxygen atoms in total. The van der Waals surface area contributed by atoms with E-state index in [4.69, 9.17) is 4.74 Å². The van der Waals surface area contributed by atoms with Crippen molar-refractivity contribution in [3.63, 3.8) is 0 Å². The van der Waals surface area contributed by atoms with Gasteiger partial charge in [-0.1, -0.05) is 42.5 Å². The monoisotopic (exact) mass is 332 g/mol. The van der Waals surface area contributed by atoms with Gasteiger partial charge in [-0.05, 0) is 43.2 Å². The Bertz CT molecular complexity index is 842. The molecule has 0 aliphatic carbocycles. The summed E-state index contributed by atoms with van der Waals surface area (Å²) in [6, 6.07) is 19.8. The van der Waals surface area contributed by atoms with Gasteiger partial charge in [0, 0.05) is 11.4 Å². The molecule has 126 valence electrons. The number of aromatic nitrogens is 2. The second-order valence-electron chi connectivity index (χ2n) is 5.69. The third kappa shape index (κ3) is 5.14. The van der Waals surface area contributed by atoms with Crippen LogP contribution in [-0.4, -0.2) is 16.2 Å². The van der Waals surface area contributed by atoms with E-state index in [1.165, 1.54) is 0 Å². The summed E-state index contributed by atoms with van der Waals surface area (Å²) in [5.74, 6) is 1.29. The second kappa shape index (κ2) is 8.06. The molecule has 0 saturated heterocycles. The minimum Gasteiger partial charge on any atom is -0.489 e. The zero-order chi connectivity index (χ0) is 17.5. The first-order valence-corrected chi connectivity index (χ1v) is 8.07. The van der Waals surface area contributed by atoms with Crippen LogP contribution in [0.25, 0.3) is 0 Å². The van der Waals surface area contributed by atoms with E-state index in [0.717, 1.165) is 28.3 Å². The van der Waals surface area contributed by atoms with Gasteiger partial charge in [0.25, 0.3) is 0 Å². The molecule has 0 amide bonds. The lowest BCUT2D eigenvalue weighted by Crippen LogP contribution is -2.00. The average molecular weight is 332 g/mol. The quantitative estimate of drug-likeness (QED) is 0.545. The van der Waals surface area contributed by atoms with Crippen LogP contribution in [0, 0.1) is 13.8 Å². The van der Waals surface area contributed by atoms with Crippen LogP contribution in [0.4, 0.5) is 5.95 Å². The number of anilines is 1. The van der Waals surface area contributed by atoms with Gasteiger partial charge in [0.15, 0.2) is 0 Å². The van der Waals surface area contributed by atoms with Crippen LogP contribution < -0.4 is 10.2 Å². The SMILES string of the molecule is Cc1cc(C)nc(NN=Cc2cccc(OCc3ccccc3)c2)n1. The summed E-state index contributed by atoms with van der Waals surface area (Å²) in [6.45, 7) is 4.39. The lowest BCUT2D eigenvalue weighted by atomic mass is 10.2. The number of hydrazone groups is 1. The van der Waals surface area contributed by atoms with Crippen LogP contribution in [0.1, 0.15) is 22.5 Å². The zero-order valence-electron chi connectivity index (χ0n) is 14.3. The molecule has 5 heteroatoms. The molecule has 3 aromatic rings. The highest BCUT2D eigenvalue weighted by Crippen LogP contribution is 2.14. The predicted molar refractivity (Wildman–Crippen MR) is 99.9 cm³/mol. The maximum absolute atomic E-state index is 5.82. The van der Waals surface area contributed by atoms with Crippen molar-refractivity contribution in [2.45, 2.75) is 20.5 Å². The van der Waals surface area contributed by atoms with Gasteiger partial charge in [-0.3, -0.25) is 0 Å². The molecular weight excluding hydrogens is 312 g/mol. The molecule has 0 bridgehead atoms. The van der Waals surface area contributed by atoms with Crippen LogP contribution in [-0.2, 0) is 6.61 Å². The van der Waals surface area contributed by atoms with Gasteiger partial charge < -0.3 is 4.74 Å². The minimum atomic E-state index is 0.491. The number of rotatable bonds is 6. The molecular formula is C20H20N4O. The highest BCUT2D eigenvalue weighted by atomic mass is 16.5. The Kier molecular flexibility index (Phi) is 5.36. The molecule has 1 heterocycles. The number of benzene rings is 2. The average Bonchev–Trinajstić information content (AvgIpc) is 2.60. The summed E-state index contributed by atoms with van der Waals surface area (Å²) in [6.07, 6.45) is 1.72. The molecule has 0 aliphatic heterocycles. The molecule has 0 fully saturated rings. The number of ether oxygens (including phenoxy) is 1. The second-order valence-corrected chi connectivity index (χ2v) is 5.69. The van der Waals surface area contributed by atoms with Gasteiger partial charge in [0.05, 0.1) is 6.21 Å². The van der Waals surface area contributed by atoms with E-state index in [9.17, 15) is 0 Å². The van der Waals surface area contributed by atoms with Crippen molar-refractivity contribution in [2.75, 3.05) is 5.43 Å².